The summed E-state index contributed by atoms with van der Waals surface area (Å²) in [6, 6.07) is 6.51. The minimum absolute atomic E-state index is 0.0484. The third-order valence-corrected chi connectivity index (χ3v) is 3.67. The van der Waals surface area contributed by atoms with Crippen LogP contribution in [0.25, 0.3) is 0 Å². The molecule has 6 heteroatoms. The Hall–Kier alpha value is -2.21. The predicted molar refractivity (Wildman–Crippen MR) is 75.8 cm³/mol. The molecule has 2 aromatic rings. The maximum atomic E-state index is 11.8. The lowest BCUT2D eigenvalue weighted by atomic mass is 10.0. The second-order valence-electron chi connectivity index (χ2n) is 4.30. The highest BCUT2D eigenvalue weighted by molar-refractivity contribution is 7.09. The van der Waals surface area contributed by atoms with Gasteiger partial charge in [-0.25, -0.2) is 9.78 Å². The van der Waals surface area contributed by atoms with Crippen LogP contribution in [0.3, 0.4) is 0 Å². The standard InChI is InChI=1S/C14H14N2O3S/c1-9-8-20-13(16-9)7-15-12(17)6-10-4-2-3-5-11(10)14(18)19/h2-5,8H,6-7H2,1H3,(H,15,17)(H,18,19). The van der Waals surface area contributed by atoms with Gasteiger partial charge in [-0.05, 0) is 18.6 Å². The maximum absolute atomic E-state index is 11.8. The molecule has 0 fully saturated rings. The SMILES string of the molecule is Cc1csc(CNC(=O)Cc2ccccc2C(=O)O)n1. The molecule has 1 aromatic carbocycles. The molecule has 0 atom stereocenters. The summed E-state index contributed by atoms with van der Waals surface area (Å²) in [5, 5.41) is 14.5. The number of carboxylic acids is 1. The molecule has 104 valence electrons. The molecule has 2 N–H and O–H groups in total. The van der Waals surface area contributed by atoms with Crippen LogP contribution in [0.15, 0.2) is 29.6 Å². The van der Waals surface area contributed by atoms with Gasteiger partial charge in [-0.3, -0.25) is 4.79 Å². The Kier molecular flexibility index (Phi) is 4.47. The van der Waals surface area contributed by atoms with Crippen LogP contribution in [0, 0.1) is 6.92 Å². The normalized spacial score (nSPS) is 10.2. The molecule has 1 aromatic heterocycles. The van der Waals surface area contributed by atoms with E-state index in [9.17, 15) is 9.59 Å². The molecule has 0 spiro atoms. The molecule has 0 saturated carbocycles. The van der Waals surface area contributed by atoms with Crippen molar-refractivity contribution in [3.63, 3.8) is 0 Å². The Morgan fingerprint density at radius 2 is 2.10 bits per heavy atom. The number of thiazole rings is 1. The smallest absolute Gasteiger partial charge is 0.335 e. The summed E-state index contributed by atoms with van der Waals surface area (Å²) >= 11 is 1.49. The molecule has 0 bridgehead atoms. The second-order valence-corrected chi connectivity index (χ2v) is 5.24. The lowest BCUT2D eigenvalue weighted by Gasteiger charge is -2.06. The van der Waals surface area contributed by atoms with Crippen LogP contribution in [0.5, 0.6) is 0 Å². The first-order valence-electron chi connectivity index (χ1n) is 6.05. The van der Waals surface area contributed by atoms with E-state index in [0.717, 1.165) is 10.7 Å². The average Bonchev–Trinajstić information content (AvgIpc) is 2.83. The van der Waals surface area contributed by atoms with Crippen LogP contribution in [0.1, 0.15) is 26.6 Å². The van der Waals surface area contributed by atoms with Crippen molar-refractivity contribution in [3.8, 4) is 0 Å². The van der Waals surface area contributed by atoms with E-state index in [2.05, 4.69) is 10.3 Å². The number of hydrogen-bond acceptors (Lipinski definition) is 4. The minimum Gasteiger partial charge on any atom is -0.478 e. The van der Waals surface area contributed by atoms with Gasteiger partial charge in [-0.1, -0.05) is 18.2 Å². The highest BCUT2D eigenvalue weighted by atomic mass is 32.1. The number of carboxylic acid groups (broad SMARTS) is 1. The van der Waals surface area contributed by atoms with Crippen molar-refractivity contribution < 1.29 is 14.7 Å². The van der Waals surface area contributed by atoms with Gasteiger partial charge >= 0.3 is 5.97 Å². The Labute approximate surface area is 120 Å². The van der Waals surface area contributed by atoms with Crippen LogP contribution in [-0.2, 0) is 17.8 Å². The van der Waals surface area contributed by atoms with Crippen LogP contribution < -0.4 is 5.32 Å². The molecule has 0 aliphatic rings. The van der Waals surface area contributed by atoms with Gasteiger partial charge in [0.25, 0.3) is 0 Å². The summed E-state index contributed by atoms with van der Waals surface area (Å²) in [5.41, 5.74) is 1.59. The quantitative estimate of drug-likeness (QED) is 0.883. The number of carbonyl (C=O) groups is 2. The molecule has 0 radical (unpaired) electrons. The van der Waals surface area contributed by atoms with Gasteiger partial charge in [0, 0.05) is 11.1 Å². The van der Waals surface area contributed by atoms with Gasteiger partial charge < -0.3 is 10.4 Å². The first-order valence-corrected chi connectivity index (χ1v) is 6.93. The Balaban J connectivity index is 1.96. The fourth-order valence-electron chi connectivity index (χ4n) is 1.78. The van der Waals surface area contributed by atoms with Crippen LogP contribution in [0.2, 0.25) is 0 Å². The van der Waals surface area contributed by atoms with Crippen molar-refractivity contribution in [2.45, 2.75) is 19.9 Å². The number of rotatable bonds is 5. The number of hydrogen-bond donors (Lipinski definition) is 2. The van der Waals surface area contributed by atoms with Crippen LogP contribution in [0.4, 0.5) is 0 Å². The summed E-state index contributed by atoms with van der Waals surface area (Å²) in [4.78, 5) is 27.1. The second kappa shape index (κ2) is 6.29. The zero-order chi connectivity index (χ0) is 14.5. The number of aromatic carboxylic acids is 1. The van der Waals surface area contributed by atoms with E-state index in [1.165, 1.54) is 17.4 Å². The van der Waals surface area contributed by atoms with Crippen molar-refractivity contribution in [3.05, 3.63) is 51.5 Å². The number of benzene rings is 1. The first-order chi connectivity index (χ1) is 9.56. The summed E-state index contributed by atoms with van der Waals surface area (Å²) in [6.45, 7) is 2.26. The van der Waals surface area contributed by atoms with E-state index in [0.29, 0.717) is 12.1 Å². The van der Waals surface area contributed by atoms with Crippen LogP contribution in [-0.4, -0.2) is 22.0 Å². The lowest BCUT2D eigenvalue weighted by molar-refractivity contribution is -0.120. The van der Waals surface area contributed by atoms with E-state index in [4.69, 9.17) is 5.11 Å². The molecule has 0 saturated heterocycles. The van der Waals surface area contributed by atoms with Crippen molar-refractivity contribution >= 4 is 23.2 Å². The van der Waals surface area contributed by atoms with E-state index < -0.39 is 5.97 Å². The molecule has 0 aliphatic carbocycles. The summed E-state index contributed by atoms with van der Waals surface area (Å²) in [5.74, 6) is -1.24. The zero-order valence-corrected chi connectivity index (χ0v) is 11.7. The summed E-state index contributed by atoms with van der Waals surface area (Å²) in [7, 11) is 0. The third kappa shape index (κ3) is 3.64. The molecule has 0 unspecified atom stereocenters. The summed E-state index contributed by atoms with van der Waals surface area (Å²) in [6.07, 6.45) is 0.0484. The van der Waals surface area contributed by atoms with E-state index in [-0.39, 0.29) is 17.9 Å². The van der Waals surface area contributed by atoms with Crippen molar-refractivity contribution in [2.75, 3.05) is 0 Å². The lowest BCUT2D eigenvalue weighted by Crippen LogP contribution is -2.25. The molecule has 2 rings (SSSR count). The molecular weight excluding hydrogens is 276 g/mol. The van der Waals surface area contributed by atoms with E-state index in [1.54, 1.807) is 18.2 Å². The monoisotopic (exact) mass is 290 g/mol. The molecule has 5 nitrogen and oxygen atoms in total. The Morgan fingerprint density at radius 1 is 1.35 bits per heavy atom. The van der Waals surface area contributed by atoms with Gasteiger partial charge in [0.15, 0.2) is 0 Å². The van der Waals surface area contributed by atoms with Gasteiger partial charge in [-0.2, -0.15) is 0 Å². The highest BCUT2D eigenvalue weighted by Gasteiger charge is 2.12. The predicted octanol–water partition coefficient (Wildman–Crippen LogP) is 2.01. The van der Waals surface area contributed by atoms with Crippen molar-refractivity contribution in [1.29, 1.82) is 0 Å². The average molecular weight is 290 g/mol. The number of aryl methyl sites for hydroxylation is 1. The van der Waals surface area contributed by atoms with Crippen LogP contribution >= 0.6 is 11.3 Å². The minimum atomic E-state index is -1.02. The number of carbonyl (C=O) groups excluding carboxylic acids is 1. The molecule has 20 heavy (non-hydrogen) atoms. The highest BCUT2D eigenvalue weighted by Crippen LogP contribution is 2.11. The van der Waals surface area contributed by atoms with Gasteiger partial charge in [0.1, 0.15) is 5.01 Å². The summed E-state index contributed by atoms with van der Waals surface area (Å²) < 4.78 is 0. The van der Waals surface area contributed by atoms with Crippen molar-refractivity contribution in [2.24, 2.45) is 0 Å². The first kappa shape index (κ1) is 14.2. The zero-order valence-electron chi connectivity index (χ0n) is 10.9. The molecule has 1 amide bonds. The largest absolute Gasteiger partial charge is 0.478 e. The molecule has 1 heterocycles. The van der Waals surface area contributed by atoms with Crippen molar-refractivity contribution in [1.82, 2.24) is 10.3 Å². The molecule has 0 aliphatic heterocycles. The van der Waals surface area contributed by atoms with E-state index >= 15 is 0 Å². The fourth-order valence-corrected chi connectivity index (χ4v) is 2.49. The van der Waals surface area contributed by atoms with Gasteiger partial charge in [0.2, 0.25) is 5.91 Å². The van der Waals surface area contributed by atoms with Gasteiger partial charge in [-0.15, -0.1) is 11.3 Å². The number of nitrogens with zero attached hydrogens (tertiary/aromatic N) is 1. The molecular formula is C14H14N2O3S. The topological polar surface area (TPSA) is 79.3 Å². The number of amides is 1. The fraction of sp³-hybridized carbons (Fsp3) is 0.214. The van der Waals surface area contributed by atoms with E-state index in [1.807, 2.05) is 12.3 Å². The number of aromatic nitrogens is 1. The Morgan fingerprint density at radius 3 is 2.75 bits per heavy atom. The van der Waals surface area contributed by atoms with Gasteiger partial charge in [0.05, 0.1) is 18.5 Å². The maximum Gasteiger partial charge on any atom is 0.335 e. The number of nitrogens with one attached hydrogen (secondary N) is 1. The third-order valence-electron chi connectivity index (χ3n) is 2.70. The Bertz CT molecular complexity index is 637.